The first-order chi connectivity index (χ1) is 10.6. The Balaban J connectivity index is 2.14. The Labute approximate surface area is 132 Å². The second-order valence-corrected chi connectivity index (χ2v) is 6.33. The summed E-state index contributed by atoms with van der Waals surface area (Å²) in [5, 5.41) is 1.17. The van der Waals surface area contributed by atoms with Gasteiger partial charge in [0.05, 0.1) is 5.52 Å². The molecule has 1 aromatic carbocycles. The molecule has 1 unspecified atom stereocenters. The van der Waals surface area contributed by atoms with E-state index in [1.807, 2.05) is 19.1 Å². The normalized spacial score (nSPS) is 19.0. The van der Waals surface area contributed by atoms with E-state index in [2.05, 4.69) is 31.0 Å². The predicted molar refractivity (Wildman–Crippen MR) is 91.5 cm³/mol. The molecule has 1 heterocycles. The first-order valence-electron chi connectivity index (χ1n) is 8.43. The molecule has 0 N–H and O–H groups in total. The number of benzene rings is 1. The maximum Gasteiger partial charge on any atom is 0.107 e. The summed E-state index contributed by atoms with van der Waals surface area (Å²) < 4.78 is 14.7. The van der Waals surface area contributed by atoms with Gasteiger partial charge in [0.25, 0.3) is 0 Å². The molecule has 2 heteroatoms. The molecule has 0 amide bonds. The minimum absolute atomic E-state index is 0.112. The van der Waals surface area contributed by atoms with Crippen LogP contribution in [0.2, 0.25) is 0 Å². The average Bonchev–Trinajstić information content (AvgIpc) is 2.54. The van der Waals surface area contributed by atoms with E-state index >= 15 is 0 Å². The third kappa shape index (κ3) is 2.67. The van der Waals surface area contributed by atoms with Gasteiger partial charge in [-0.2, -0.15) is 0 Å². The van der Waals surface area contributed by atoms with Crippen molar-refractivity contribution in [3.63, 3.8) is 0 Å². The zero-order valence-corrected chi connectivity index (χ0v) is 13.7. The van der Waals surface area contributed by atoms with Crippen molar-refractivity contribution in [2.45, 2.75) is 52.9 Å². The van der Waals surface area contributed by atoms with Gasteiger partial charge in [-0.25, -0.2) is 4.39 Å². The van der Waals surface area contributed by atoms with E-state index in [0.717, 1.165) is 54.5 Å². The van der Waals surface area contributed by atoms with Crippen LogP contribution >= 0.6 is 0 Å². The van der Waals surface area contributed by atoms with E-state index in [-0.39, 0.29) is 11.7 Å². The number of halogens is 1. The van der Waals surface area contributed by atoms with E-state index in [0.29, 0.717) is 0 Å². The highest BCUT2D eigenvalue weighted by Gasteiger charge is 2.23. The number of aryl methyl sites for hydroxylation is 2. The second kappa shape index (κ2) is 6.20. The smallest absolute Gasteiger partial charge is 0.107 e. The third-order valence-electron chi connectivity index (χ3n) is 4.87. The largest absolute Gasteiger partial charge is 0.253 e. The maximum atomic E-state index is 14.7. The van der Waals surface area contributed by atoms with E-state index in [9.17, 15) is 4.39 Å². The fourth-order valence-electron chi connectivity index (χ4n) is 3.61. The highest BCUT2D eigenvalue weighted by atomic mass is 19.1. The number of fused-ring (bicyclic) bond motifs is 1. The van der Waals surface area contributed by atoms with Crippen molar-refractivity contribution in [1.29, 1.82) is 0 Å². The molecule has 22 heavy (non-hydrogen) atoms. The zero-order chi connectivity index (χ0) is 15.7. The lowest BCUT2D eigenvalue weighted by molar-refractivity contribution is 0.404. The minimum atomic E-state index is 0.112. The van der Waals surface area contributed by atoms with Crippen molar-refractivity contribution in [1.82, 2.24) is 4.98 Å². The second-order valence-electron chi connectivity index (χ2n) is 6.33. The Kier molecular flexibility index (Phi) is 4.28. The molecule has 1 aliphatic rings. The molecule has 0 aliphatic heterocycles. The van der Waals surface area contributed by atoms with Gasteiger partial charge in [0.15, 0.2) is 0 Å². The fraction of sp³-hybridized carbons (Fsp3) is 0.450. The molecule has 1 aromatic heterocycles. The van der Waals surface area contributed by atoms with Crippen molar-refractivity contribution >= 4 is 16.5 Å². The molecule has 0 fully saturated rings. The molecule has 0 saturated heterocycles. The average molecular weight is 297 g/mol. The molecule has 3 rings (SSSR count). The van der Waals surface area contributed by atoms with Crippen LogP contribution in [-0.2, 0) is 6.42 Å². The molecule has 2 aromatic rings. The van der Waals surface area contributed by atoms with Gasteiger partial charge in [-0.1, -0.05) is 19.9 Å². The molecule has 0 spiro atoms. The van der Waals surface area contributed by atoms with Crippen molar-refractivity contribution in [3.8, 4) is 0 Å². The van der Waals surface area contributed by atoms with E-state index in [1.165, 1.54) is 10.9 Å². The summed E-state index contributed by atoms with van der Waals surface area (Å²) in [5.41, 5.74) is 5.33. The van der Waals surface area contributed by atoms with E-state index in [1.54, 1.807) is 0 Å². The molecule has 1 atom stereocenters. The van der Waals surface area contributed by atoms with Crippen LogP contribution in [0.1, 0.15) is 56.4 Å². The van der Waals surface area contributed by atoms with Gasteiger partial charge in [-0.05, 0) is 73.9 Å². The lowest BCUT2D eigenvalue weighted by atomic mass is 9.84. The third-order valence-corrected chi connectivity index (χ3v) is 4.87. The molecular formula is C20H24FN. The summed E-state index contributed by atoms with van der Waals surface area (Å²) in [5.74, 6) is 0.229. The highest BCUT2D eigenvalue weighted by molar-refractivity contribution is 5.86. The molecular weight excluding hydrogens is 273 g/mol. The van der Waals surface area contributed by atoms with Crippen molar-refractivity contribution in [3.05, 3.63) is 46.9 Å². The number of pyridine rings is 1. The van der Waals surface area contributed by atoms with Crippen molar-refractivity contribution in [2.75, 3.05) is 0 Å². The first kappa shape index (κ1) is 15.2. The van der Waals surface area contributed by atoms with Crippen LogP contribution in [0.25, 0.3) is 16.5 Å². The summed E-state index contributed by atoms with van der Waals surface area (Å²) in [6.07, 6.45) is 4.80. The monoisotopic (exact) mass is 297 g/mol. The van der Waals surface area contributed by atoms with Crippen LogP contribution in [0, 0.1) is 12.8 Å². The van der Waals surface area contributed by atoms with Gasteiger partial charge in [-0.3, -0.25) is 4.98 Å². The SMILES string of the molecule is CCc1cc(C)nc2ccc(C3=C(F)C(CC)CCC3)cc12. The summed E-state index contributed by atoms with van der Waals surface area (Å²) in [4.78, 5) is 4.61. The summed E-state index contributed by atoms with van der Waals surface area (Å²) >= 11 is 0. The Morgan fingerprint density at radius 1 is 1.23 bits per heavy atom. The lowest BCUT2D eigenvalue weighted by Gasteiger charge is -2.23. The van der Waals surface area contributed by atoms with Gasteiger partial charge in [-0.15, -0.1) is 0 Å². The highest BCUT2D eigenvalue weighted by Crippen LogP contribution is 2.39. The Morgan fingerprint density at radius 2 is 2.05 bits per heavy atom. The lowest BCUT2D eigenvalue weighted by Crippen LogP contribution is -2.08. The van der Waals surface area contributed by atoms with Crippen LogP contribution < -0.4 is 0 Å². The number of rotatable bonds is 3. The topological polar surface area (TPSA) is 12.9 Å². The molecule has 116 valence electrons. The van der Waals surface area contributed by atoms with Crippen LogP contribution in [0.15, 0.2) is 30.1 Å². The summed E-state index contributed by atoms with van der Waals surface area (Å²) in [7, 11) is 0. The quantitative estimate of drug-likeness (QED) is 0.677. The van der Waals surface area contributed by atoms with E-state index < -0.39 is 0 Å². The Bertz CT molecular complexity index is 730. The van der Waals surface area contributed by atoms with Crippen LogP contribution in [0.3, 0.4) is 0 Å². The summed E-state index contributed by atoms with van der Waals surface area (Å²) in [6, 6.07) is 8.38. The van der Waals surface area contributed by atoms with Crippen LogP contribution in [-0.4, -0.2) is 4.98 Å². The number of aromatic nitrogens is 1. The number of allylic oxidation sites excluding steroid dienone is 2. The molecule has 0 saturated carbocycles. The minimum Gasteiger partial charge on any atom is -0.253 e. The van der Waals surface area contributed by atoms with Gasteiger partial charge < -0.3 is 0 Å². The Hall–Kier alpha value is -1.70. The molecule has 0 bridgehead atoms. The summed E-state index contributed by atoms with van der Waals surface area (Å²) in [6.45, 7) is 6.27. The van der Waals surface area contributed by atoms with Gasteiger partial charge in [0.1, 0.15) is 5.83 Å². The van der Waals surface area contributed by atoms with Gasteiger partial charge in [0, 0.05) is 17.0 Å². The molecule has 1 nitrogen and oxygen atoms in total. The first-order valence-corrected chi connectivity index (χ1v) is 8.43. The number of hydrogen-bond donors (Lipinski definition) is 0. The maximum absolute atomic E-state index is 14.7. The zero-order valence-electron chi connectivity index (χ0n) is 13.7. The van der Waals surface area contributed by atoms with Gasteiger partial charge in [0.2, 0.25) is 0 Å². The van der Waals surface area contributed by atoms with Crippen LogP contribution in [0.5, 0.6) is 0 Å². The fourth-order valence-corrected chi connectivity index (χ4v) is 3.61. The van der Waals surface area contributed by atoms with Gasteiger partial charge >= 0.3 is 0 Å². The predicted octanol–water partition coefficient (Wildman–Crippen LogP) is 6.00. The molecule has 1 aliphatic carbocycles. The number of hydrogen-bond acceptors (Lipinski definition) is 1. The van der Waals surface area contributed by atoms with E-state index in [4.69, 9.17) is 0 Å². The standard InChI is InChI=1S/C20H24FN/c1-4-14-7-6-8-17(20(14)21)16-9-10-19-18(12-16)15(5-2)11-13(3)22-19/h9-12,14H,4-8H2,1-3H3. The molecule has 0 radical (unpaired) electrons. The Morgan fingerprint density at radius 3 is 2.77 bits per heavy atom. The number of nitrogens with zero attached hydrogens (tertiary/aromatic N) is 1. The van der Waals surface area contributed by atoms with Crippen molar-refractivity contribution < 1.29 is 4.39 Å². The van der Waals surface area contributed by atoms with Crippen LogP contribution in [0.4, 0.5) is 4.39 Å². The van der Waals surface area contributed by atoms with Crippen molar-refractivity contribution in [2.24, 2.45) is 5.92 Å².